The van der Waals surface area contributed by atoms with Gasteiger partial charge in [0, 0.05) is 30.9 Å². The van der Waals surface area contributed by atoms with Crippen LogP contribution in [0.15, 0.2) is 55.1 Å². The van der Waals surface area contributed by atoms with E-state index in [9.17, 15) is 9.59 Å². The molecule has 31 heavy (non-hydrogen) atoms. The fourth-order valence-corrected chi connectivity index (χ4v) is 3.42. The third kappa shape index (κ3) is 5.38. The fourth-order valence-electron chi connectivity index (χ4n) is 3.42. The zero-order chi connectivity index (χ0) is 21.6. The van der Waals surface area contributed by atoms with Crippen molar-refractivity contribution in [3.05, 3.63) is 72.1 Å². The Labute approximate surface area is 181 Å². The van der Waals surface area contributed by atoms with Crippen LogP contribution in [0.3, 0.4) is 0 Å². The van der Waals surface area contributed by atoms with Gasteiger partial charge < -0.3 is 10.6 Å². The number of pyridine rings is 1. The van der Waals surface area contributed by atoms with Crippen molar-refractivity contribution in [1.82, 2.24) is 20.3 Å². The average Bonchev–Trinajstić information content (AvgIpc) is 3.65. The number of hydrogen-bond donors (Lipinski definition) is 2. The number of nitrogens with zero attached hydrogens (tertiary/aromatic N) is 3. The molecular weight excluding hydrogens is 390 g/mol. The smallest absolute Gasteiger partial charge is 0.238 e. The molecule has 7 nitrogen and oxygen atoms in total. The maximum absolute atomic E-state index is 12.5. The van der Waals surface area contributed by atoms with Gasteiger partial charge in [-0.3, -0.25) is 14.6 Å². The molecule has 1 aliphatic carbocycles. The summed E-state index contributed by atoms with van der Waals surface area (Å²) in [7, 11) is 0. The average molecular weight is 415 g/mol. The van der Waals surface area contributed by atoms with Crippen molar-refractivity contribution >= 4 is 17.4 Å². The quantitative estimate of drug-likeness (QED) is 0.517. The lowest BCUT2D eigenvalue weighted by molar-refractivity contribution is -0.115. The van der Waals surface area contributed by atoms with Crippen LogP contribution in [0.2, 0.25) is 0 Å². The van der Waals surface area contributed by atoms with Crippen molar-refractivity contribution in [2.24, 2.45) is 0 Å². The molecule has 158 valence electrons. The number of carbonyl (C=O) groups is 2. The van der Waals surface area contributed by atoms with E-state index in [0.29, 0.717) is 24.6 Å². The number of rotatable bonds is 9. The number of amides is 1. The van der Waals surface area contributed by atoms with Crippen molar-refractivity contribution in [2.75, 3.05) is 11.9 Å². The molecule has 0 unspecified atom stereocenters. The minimum Gasteiger partial charge on any atom is -0.323 e. The molecule has 0 spiro atoms. The lowest BCUT2D eigenvalue weighted by atomic mass is 10.0. The van der Waals surface area contributed by atoms with E-state index in [2.05, 4.69) is 37.7 Å². The van der Waals surface area contributed by atoms with Crippen LogP contribution in [0.25, 0.3) is 11.1 Å². The van der Waals surface area contributed by atoms with Gasteiger partial charge in [-0.2, -0.15) is 0 Å². The monoisotopic (exact) mass is 415 g/mol. The van der Waals surface area contributed by atoms with Crippen LogP contribution in [0.1, 0.15) is 53.8 Å². The molecule has 0 atom stereocenters. The van der Waals surface area contributed by atoms with E-state index in [4.69, 9.17) is 0 Å². The first kappa shape index (κ1) is 20.8. The van der Waals surface area contributed by atoms with Crippen LogP contribution in [0, 0.1) is 0 Å². The zero-order valence-corrected chi connectivity index (χ0v) is 17.5. The number of hydrogen-bond acceptors (Lipinski definition) is 6. The maximum atomic E-state index is 12.5. The van der Waals surface area contributed by atoms with Crippen LogP contribution >= 0.6 is 0 Å². The summed E-state index contributed by atoms with van der Waals surface area (Å²) in [5, 5.41) is 5.90. The van der Waals surface area contributed by atoms with E-state index in [0.717, 1.165) is 16.8 Å². The van der Waals surface area contributed by atoms with E-state index < -0.39 is 0 Å². The third-order valence-corrected chi connectivity index (χ3v) is 5.25. The minimum atomic E-state index is -0.245. The molecule has 2 heterocycles. The Bertz CT molecular complexity index is 1080. The zero-order valence-electron chi connectivity index (χ0n) is 17.5. The number of carbonyl (C=O) groups excluding carboxylic acids is 2. The molecule has 1 fully saturated rings. The van der Waals surface area contributed by atoms with Crippen LogP contribution in [0.4, 0.5) is 5.69 Å². The number of ketones is 1. The van der Waals surface area contributed by atoms with E-state index in [1.807, 2.05) is 18.2 Å². The molecule has 1 amide bonds. The number of nitrogens with one attached hydrogen (secondary N) is 2. The van der Waals surface area contributed by atoms with Gasteiger partial charge in [0.05, 0.1) is 17.9 Å². The van der Waals surface area contributed by atoms with E-state index in [-0.39, 0.29) is 23.9 Å². The SMILES string of the molecule is CCC(=O)c1ncc(-c2cccc(C3CC3)c2)cc1NC(=O)CNCc1ccncn1. The Morgan fingerprint density at radius 3 is 2.71 bits per heavy atom. The van der Waals surface area contributed by atoms with Gasteiger partial charge in [0.1, 0.15) is 12.0 Å². The van der Waals surface area contributed by atoms with E-state index in [1.165, 1.54) is 24.7 Å². The highest BCUT2D eigenvalue weighted by atomic mass is 16.2. The third-order valence-electron chi connectivity index (χ3n) is 5.25. The Hall–Kier alpha value is -3.45. The molecule has 1 aliphatic rings. The number of Topliss-reactive ketones (excluding diaryl/α,β-unsaturated/α-hetero) is 1. The standard InChI is InChI=1S/C24H25N5O2/c1-2-22(30)24-21(29-23(31)14-26-13-20-8-9-25-15-28-20)11-19(12-27-24)18-5-3-4-17(10-18)16-6-7-16/h3-5,8-12,15-16,26H,2,6-7,13-14H2,1H3,(H,29,31). The van der Waals surface area contributed by atoms with Gasteiger partial charge in [-0.1, -0.05) is 31.2 Å². The van der Waals surface area contributed by atoms with Gasteiger partial charge >= 0.3 is 0 Å². The molecule has 2 N–H and O–H groups in total. The van der Waals surface area contributed by atoms with Gasteiger partial charge in [0.2, 0.25) is 5.91 Å². The first-order valence-electron chi connectivity index (χ1n) is 10.5. The number of anilines is 1. The fraction of sp³-hybridized carbons (Fsp3) is 0.292. The molecule has 0 bridgehead atoms. The van der Waals surface area contributed by atoms with Crippen molar-refractivity contribution in [1.29, 1.82) is 0 Å². The number of benzene rings is 1. The topological polar surface area (TPSA) is 96.9 Å². The molecular formula is C24H25N5O2. The summed E-state index contributed by atoms with van der Waals surface area (Å²) in [4.78, 5) is 37.3. The van der Waals surface area contributed by atoms with Crippen molar-refractivity contribution in [2.45, 2.75) is 38.6 Å². The summed E-state index contributed by atoms with van der Waals surface area (Å²) >= 11 is 0. The molecule has 0 radical (unpaired) electrons. The molecule has 3 aromatic rings. The summed E-state index contributed by atoms with van der Waals surface area (Å²) in [5.41, 5.74) is 4.75. The van der Waals surface area contributed by atoms with Crippen LogP contribution in [-0.2, 0) is 11.3 Å². The second-order valence-electron chi connectivity index (χ2n) is 7.65. The van der Waals surface area contributed by atoms with Crippen molar-refractivity contribution < 1.29 is 9.59 Å². The molecule has 0 saturated heterocycles. The van der Waals surface area contributed by atoms with Crippen LogP contribution in [-0.4, -0.2) is 33.2 Å². The van der Waals surface area contributed by atoms with Crippen molar-refractivity contribution in [3.8, 4) is 11.1 Å². The molecule has 0 aliphatic heterocycles. The molecule has 1 saturated carbocycles. The second kappa shape index (κ2) is 9.57. The van der Waals surface area contributed by atoms with Gasteiger partial charge in [-0.15, -0.1) is 0 Å². The Balaban J connectivity index is 1.50. The maximum Gasteiger partial charge on any atom is 0.238 e. The highest BCUT2D eigenvalue weighted by Crippen LogP contribution is 2.41. The summed E-state index contributed by atoms with van der Waals surface area (Å²) in [6.07, 6.45) is 7.61. The highest BCUT2D eigenvalue weighted by molar-refractivity contribution is 6.04. The Morgan fingerprint density at radius 2 is 1.97 bits per heavy atom. The molecule has 7 heteroatoms. The van der Waals surface area contributed by atoms with Gasteiger partial charge in [0.15, 0.2) is 5.78 Å². The largest absolute Gasteiger partial charge is 0.323 e. The lowest BCUT2D eigenvalue weighted by Crippen LogP contribution is -2.28. The predicted molar refractivity (Wildman–Crippen MR) is 119 cm³/mol. The normalized spacial score (nSPS) is 13.1. The van der Waals surface area contributed by atoms with Gasteiger partial charge in [0.25, 0.3) is 0 Å². The van der Waals surface area contributed by atoms with E-state index in [1.54, 1.807) is 25.4 Å². The Kier molecular flexibility index (Phi) is 6.43. The number of aromatic nitrogens is 3. The first-order valence-corrected chi connectivity index (χ1v) is 10.5. The van der Waals surface area contributed by atoms with Gasteiger partial charge in [-0.25, -0.2) is 9.97 Å². The summed E-state index contributed by atoms with van der Waals surface area (Å²) in [5.74, 6) is 0.293. The highest BCUT2D eigenvalue weighted by Gasteiger charge is 2.23. The van der Waals surface area contributed by atoms with E-state index >= 15 is 0 Å². The van der Waals surface area contributed by atoms with Gasteiger partial charge in [-0.05, 0) is 42.0 Å². The molecule has 4 rings (SSSR count). The minimum absolute atomic E-state index is 0.0884. The molecule has 1 aromatic carbocycles. The predicted octanol–water partition coefficient (Wildman–Crippen LogP) is 3.74. The molecule has 2 aromatic heterocycles. The summed E-state index contributed by atoms with van der Waals surface area (Å²) in [6.45, 7) is 2.32. The second-order valence-corrected chi connectivity index (χ2v) is 7.65. The lowest BCUT2D eigenvalue weighted by Gasteiger charge is -2.12. The first-order chi connectivity index (χ1) is 15.1. The van der Waals surface area contributed by atoms with Crippen LogP contribution in [0.5, 0.6) is 0 Å². The summed E-state index contributed by atoms with van der Waals surface area (Å²) < 4.78 is 0. The van der Waals surface area contributed by atoms with Crippen LogP contribution < -0.4 is 10.6 Å². The van der Waals surface area contributed by atoms with Crippen molar-refractivity contribution in [3.63, 3.8) is 0 Å². The Morgan fingerprint density at radius 1 is 1.10 bits per heavy atom. The summed E-state index contributed by atoms with van der Waals surface area (Å²) in [6, 6.07) is 12.0.